The molecule has 1 aliphatic heterocycles. The second-order valence-corrected chi connectivity index (χ2v) is 9.79. The Morgan fingerprint density at radius 2 is 1.83 bits per heavy atom. The molecule has 2 aromatic rings. The lowest BCUT2D eigenvalue weighted by molar-refractivity contribution is -0.146. The lowest BCUT2D eigenvalue weighted by Crippen LogP contribution is -2.41. The molecular weight excluding hydrogens is 379 g/mol. The van der Waals surface area contributed by atoms with Gasteiger partial charge in [-0.3, -0.25) is 9.48 Å². The van der Waals surface area contributed by atoms with Crippen LogP contribution in [0, 0.1) is 11.8 Å². The van der Waals surface area contributed by atoms with Crippen LogP contribution in [0.5, 0.6) is 0 Å². The Hall–Kier alpha value is -1.86. The number of hydrogen-bond donors (Lipinski definition) is 0. The highest BCUT2D eigenvalue weighted by atomic mass is 16.7. The van der Waals surface area contributed by atoms with Crippen LogP contribution < -0.4 is 5.46 Å². The Bertz CT molecular complexity index is 899. The number of esters is 1. The molecule has 0 N–H and O–H groups in total. The van der Waals surface area contributed by atoms with Crippen LogP contribution in [0.25, 0.3) is 10.9 Å². The number of methoxy groups -OCH3 is 1. The Balaban J connectivity index is 1.43. The van der Waals surface area contributed by atoms with Crippen molar-refractivity contribution in [1.82, 2.24) is 9.78 Å². The van der Waals surface area contributed by atoms with Crippen molar-refractivity contribution in [3.63, 3.8) is 0 Å². The van der Waals surface area contributed by atoms with Gasteiger partial charge in [0.1, 0.15) is 0 Å². The first-order valence-electron chi connectivity index (χ1n) is 11.1. The maximum absolute atomic E-state index is 11.7. The molecule has 7 heteroatoms. The molecule has 1 saturated heterocycles. The largest absolute Gasteiger partial charge is 0.495 e. The number of benzene rings is 1. The summed E-state index contributed by atoms with van der Waals surface area (Å²) in [6, 6.07) is 6.14. The molecule has 0 radical (unpaired) electrons. The zero-order chi connectivity index (χ0) is 21.5. The molecule has 0 unspecified atom stereocenters. The molecule has 162 valence electrons. The predicted molar refractivity (Wildman–Crippen MR) is 118 cm³/mol. The third-order valence-electron chi connectivity index (χ3n) is 7.29. The summed E-state index contributed by atoms with van der Waals surface area (Å²) in [4.78, 5) is 11.7. The fourth-order valence-electron chi connectivity index (χ4n) is 4.57. The van der Waals surface area contributed by atoms with Gasteiger partial charge in [0, 0.05) is 18.1 Å². The van der Waals surface area contributed by atoms with Gasteiger partial charge in [-0.1, -0.05) is 12.1 Å². The Labute approximate surface area is 179 Å². The number of hydrogen-bond acceptors (Lipinski definition) is 5. The second kappa shape index (κ2) is 8.01. The van der Waals surface area contributed by atoms with E-state index in [1.807, 2.05) is 16.8 Å². The second-order valence-electron chi connectivity index (χ2n) is 9.79. The van der Waals surface area contributed by atoms with Crippen molar-refractivity contribution < 1.29 is 18.8 Å². The van der Waals surface area contributed by atoms with Crippen molar-refractivity contribution in [2.45, 2.75) is 77.5 Å². The summed E-state index contributed by atoms with van der Waals surface area (Å²) >= 11 is 0. The van der Waals surface area contributed by atoms with E-state index >= 15 is 0 Å². The first-order chi connectivity index (χ1) is 14.2. The lowest BCUT2D eigenvalue weighted by atomic mass is 9.77. The maximum Gasteiger partial charge on any atom is 0.495 e. The normalized spacial score (nSPS) is 25.6. The quantitative estimate of drug-likeness (QED) is 0.554. The number of carbonyl (C=O) groups excluding carboxylic acids is 1. The molecule has 0 atom stereocenters. The minimum absolute atomic E-state index is 0.0537. The zero-order valence-corrected chi connectivity index (χ0v) is 18.8. The molecule has 1 aromatic heterocycles. The van der Waals surface area contributed by atoms with Crippen molar-refractivity contribution in [2.24, 2.45) is 11.8 Å². The molecule has 0 bridgehead atoms. The highest BCUT2D eigenvalue weighted by Crippen LogP contribution is 2.37. The van der Waals surface area contributed by atoms with E-state index in [0.717, 1.165) is 55.0 Å². The standard InChI is InChI=1S/C23H33BN2O4/c1-22(2)23(3,4)30-24(29-22)19-7-6-8-20-18(19)15-26(25-20)14-13-16-9-11-17(12-10-16)21(27)28-5/h6-8,15-17H,9-14H2,1-5H3. The number of ether oxygens (including phenoxy) is 1. The van der Waals surface area contributed by atoms with E-state index < -0.39 is 0 Å². The minimum Gasteiger partial charge on any atom is -0.469 e. The summed E-state index contributed by atoms with van der Waals surface area (Å²) in [5.74, 6) is 0.670. The molecule has 1 aromatic carbocycles. The van der Waals surface area contributed by atoms with Crippen molar-refractivity contribution in [1.29, 1.82) is 0 Å². The highest BCUT2D eigenvalue weighted by molar-refractivity contribution is 6.65. The molecule has 30 heavy (non-hydrogen) atoms. The van der Waals surface area contributed by atoms with Crippen LogP contribution in [-0.2, 0) is 25.4 Å². The van der Waals surface area contributed by atoms with Crippen LogP contribution in [0.15, 0.2) is 24.4 Å². The first kappa shape index (κ1) is 21.4. The molecule has 4 rings (SSSR count). The molecule has 2 heterocycles. The third kappa shape index (κ3) is 4.02. The topological polar surface area (TPSA) is 62.6 Å². The van der Waals surface area contributed by atoms with Gasteiger partial charge in [0.05, 0.1) is 29.7 Å². The van der Waals surface area contributed by atoms with Gasteiger partial charge in [-0.2, -0.15) is 5.10 Å². The number of rotatable bonds is 5. The number of nitrogens with zero attached hydrogens (tertiary/aromatic N) is 2. The monoisotopic (exact) mass is 412 g/mol. The van der Waals surface area contributed by atoms with Gasteiger partial charge in [-0.15, -0.1) is 0 Å². The van der Waals surface area contributed by atoms with Crippen LogP contribution in [0.4, 0.5) is 0 Å². The minimum atomic E-state index is -0.384. The van der Waals surface area contributed by atoms with Gasteiger partial charge in [0.15, 0.2) is 0 Å². The SMILES string of the molecule is COC(=O)C1CCC(CCn2cc3c(B4OC(C)(C)C(C)(C)O4)cccc3n2)CC1. The van der Waals surface area contributed by atoms with E-state index in [-0.39, 0.29) is 30.2 Å². The fraction of sp³-hybridized carbons (Fsp3) is 0.652. The average molecular weight is 412 g/mol. The van der Waals surface area contributed by atoms with Crippen molar-refractivity contribution >= 4 is 29.5 Å². The van der Waals surface area contributed by atoms with Gasteiger partial charge in [-0.05, 0) is 77.2 Å². The van der Waals surface area contributed by atoms with Gasteiger partial charge < -0.3 is 14.0 Å². The Morgan fingerprint density at radius 1 is 1.17 bits per heavy atom. The average Bonchev–Trinajstić information content (AvgIpc) is 3.23. The van der Waals surface area contributed by atoms with Gasteiger partial charge in [-0.25, -0.2) is 0 Å². The van der Waals surface area contributed by atoms with Crippen molar-refractivity contribution in [2.75, 3.05) is 7.11 Å². The van der Waals surface area contributed by atoms with Crippen LogP contribution in [0.1, 0.15) is 59.8 Å². The summed E-state index contributed by atoms with van der Waals surface area (Å²) < 4.78 is 19.5. The third-order valence-corrected chi connectivity index (χ3v) is 7.29. The summed E-state index contributed by atoms with van der Waals surface area (Å²) in [5, 5.41) is 5.88. The van der Waals surface area contributed by atoms with Crippen LogP contribution in [-0.4, -0.2) is 41.2 Å². The Morgan fingerprint density at radius 3 is 2.47 bits per heavy atom. The van der Waals surface area contributed by atoms with Crippen LogP contribution in [0.3, 0.4) is 0 Å². The maximum atomic E-state index is 11.7. The highest BCUT2D eigenvalue weighted by Gasteiger charge is 2.52. The molecule has 1 aliphatic carbocycles. The zero-order valence-electron chi connectivity index (χ0n) is 18.8. The van der Waals surface area contributed by atoms with E-state index in [1.165, 1.54) is 7.11 Å². The van der Waals surface area contributed by atoms with Gasteiger partial charge in [0.25, 0.3) is 0 Å². The van der Waals surface area contributed by atoms with Crippen LogP contribution >= 0.6 is 0 Å². The van der Waals surface area contributed by atoms with E-state index in [2.05, 4.69) is 40.0 Å². The van der Waals surface area contributed by atoms with Gasteiger partial charge in [0.2, 0.25) is 0 Å². The summed E-state index contributed by atoms with van der Waals surface area (Å²) in [6.07, 6.45) is 7.23. The van der Waals surface area contributed by atoms with Crippen molar-refractivity contribution in [3.05, 3.63) is 24.4 Å². The Kier molecular flexibility index (Phi) is 5.70. The van der Waals surface area contributed by atoms with E-state index in [9.17, 15) is 4.79 Å². The number of carbonyl (C=O) groups is 1. The molecule has 6 nitrogen and oxygen atoms in total. The predicted octanol–water partition coefficient (Wildman–Crippen LogP) is 3.71. The van der Waals surface area contributed by atoms with Crippen LogP contribution in [0.2, 0.25) is 0 Å². The molecule has 2 aliphatic rings. The molecule has 2 fully saturated rings. The molecule has 0 spiro atoms. The van der Waals surface area contributed by atoms with Gasteiger partial charge >= 0.3 is 13.1 Å². The molecule has 1 saturated carbocycles. The summed E-state index contributed by atoms with van der Waals surface area (Å²) in [6.45, 7) is 9.18. The summed E-state index contributed by atoms with van der Waals surface area (Å²) in [5.41, 5.74) is 1.28. The first-order valence-corrected chi connectivity index (χ1v) is 11.1. The van der Waals surface area contributed by atoms with E-state index in [1.54, 1.807) is 0 Å². The molecule has 0 amide bonds. The fourth-order valence-corrected chi connectivity index (χ4v) is 4.57. The summed E-state index contributed by atoms with van der Waals surface area (Å²) in [7, 11) is 1.10. The molecular formula is C23H33BN2O4. The number of fused-ring (bicyclic) bond motifs is 1. The van der Waals surface area contributed by atoms with E-state index in [4.69, 9.17) is 19.1 Å². The number of aromatic nitrogens is 2. The lowest BCUT2D eigenvalue weighted by Gasteiger charge is -2.32. The smallest absolute Gasteiger partial charge is 0.469 e. The van der Waals surface area contributed by atoms with E-state index in [0.29, 0.717) is 5.92 Å². The number of aryl methyl sites for hydroxylation is 1. The van der Waals surface area contributed by atoms with Crippen molar-refractivity contribution in [3.8, 4) is 0 Å².